The van der Waals surface area contributed by atoms with Crippen LogP contribution >= 0.6 is 10.3 Å². The molecule has 0 N–H and O–H groups in total. The Kier molecular flexibility index (Phi) is 5.19. The summed E-state index contributed by atoms with van der Waals surface area (Å²) in [6.07, 6.45) is 0.273. The summed E-state index contributed by atoms with van der Waals surface area (Å²) in [5, 5.41) is 0. The van der Waals surface area contributed by atoms with E-state index in [1.54, 1.807) is 19.1 Å². The topological polar surface area (TPSA) is 26.3 Å². The molecule has 0 heterocycles. The molecular weight excluding hydrogens is 335 g/mol. The lowest BCUT2D eigenvalue weighted by Crippen LogP contribution is -2.12. The molecule has 0 bridgehead atoms. The van der Waals surface area contributed by atoms with Gasteiger partial charge in [0.05, 0.1) is 0 Å². The molecule has 0 atom stereocenters. The molecular formula is C21H19FO2S. The number of hydrogen-bond acceptors (Lipinski definition) is 2. The fourth-order valence-corrected chi connectivity index (χ4v) is 5.70. The second kappa shape index (κ2) is 7.53. The Balaban J connectivity index is 2.30. The highest BCUT2D eigenvalue weighted by atomic mass is 32.3. The van der Waals surface area contributed by atoms with Crippen LogP contribution in [0.25, 0.3) is 0 Å². The van der Waals surface area contributed by atoms with Crippen LogP contribution in [0.1, 0.15) is 13.3 Å². The van der Waals surface area contributed by atoms with Crippen molar-refractivity contribution in [3.63, 3.8) is 0 Å². The van der Waals surface area contributed by atoms with Crippen molar-refractivity contribution in [2.45, 2.75) is 28.0 Å². The highest BCUT2D eigenvalue weighted by molar-refractivity contribution is 8.30. The molecule has 128 valence electrons. The Bertz CT molecular complexity index is 793. The van der Waals surface area contributed by atoms with Crippen molar-refractivity contribution >= 4 is 16.3 Å². The van der Waals surface area contributed by atoms with Crippen molar-refractivity contribution in [2.24, 2.45) is 0 Å². The van der Waals surface area contributed by atoms with Crippen LogP contribution in [0.3, 0.4) is 0 Å². The molecule has 3 aromatic carbocycles. The molecule has 0 aliphatic rings. The third-order valence-electron chi connectivity index (χ3n) is 3.80. The summed E-state index contributed by atoms with van der Waals surface area (Å²) < 4.78 is 19.6. The van der Waals surface area contributed by atoms with Gasteiger partial charge in [-0.25, -0.2) is 4.39 Å². The Hall–Kier alpha value is -2.59. The van der Waals surface area contributed by atoms with E-state index in [1.165, 1.54) is 12.1 Å². The van der Waals surface area contributed by atoms with Crippen LogP contribution in [0.5, 0.6) is 0 Å². The first-order valence-corrected chi connectivity index (χ1v) is 9.64. The second-order valence-corrected chi connectivity index (χ2v) is 8.14. The molecule has 0 radical (unpaired) electrons. The van der Waals surface area contributed by atoms with Crippen molar-refractivity contribution in [2.75, 3.05) is 0 Å². The minimum atomic E-state index is -2.28. The molecule has 0 fully saturated rings. The van der Waals surface area contributed by atoms with E-state index >= 15 is 0 Å². The van der Waals surface area contributed by atoms with Crippen molar-refractivity contribution < 1.29 is 13.4 Å². The monoisotopic (exact) mass is 354 g/mol. The second-order valence-electron chi connectivity index (χ2n) is 5.45. The summed E-state index contributed by atoms with van der Waals surface area (Å²) in [5.41, 5.74) is 0. The largest absolute Gasteiger partial charge is 0.402 e. The van der Waals surface area contributed by atoms with Crippen molar-refractivity contribution in [1.29, 1.82) is 0 Å². The fraction of sp³-hybridized carbons (Fsp3) is 0.0952. The average molecular weight is 354 g/mol. The van der Waals surface area contributed by atoms with Gasteiger partial charge in [-0.2, -0.15) is 0 Å². The van der Waals surface area contributed by atoms with Crippen molar-refractivity contribution in [1.82, 2.24) is 0 Å². The lowest BCUT2D eigenvalue weighted by molar-refractivity contribution is -0.133. The summed E-state index contributed by atoms with van der Waals surface area (Å²) in [7, 11) is -2.28. The number of halogens is 1. The number of carbonyl (C=O) groups excluding carboxylic acids is 1. The van der Waals surface area contributed by atoms with Gasteiger partial charge in [-0.3, -0.25) is 4.79 Å². The molecule has 0 aromatic heterocycles. The molecule has 3 rings (SSSR count). The van der Waals surface area contributed by atoms with E-state index in [2.05, 4.69) is 0 Å². The Morgan fingerprint density at radius 3 is 1.68 bits per heavy atom. The van der Waals surface area contributed by atoms with Gasteiger partial charge >= 0.3 is 5.97 Å². The summed E-state index contributed by atoms with van der Waals surface area (Å²) in [6.45, 7) is 1.77. The molecule has 0 unspecified atom stereocenters. The third-order valence-corrected chi connectivity index (χ3v) is 7.05. The van der Waals surface area contributed by atoms with E-state index in [4.69, 9.17) is 4.18 Å². The first kappa shape index (κ1) is 17.2. The van der Waals surface area contributed by atoms with E-state index in [9.17, 15) is 9.18 Å². The minimum absolute atomic E-state index is 0.273. The lowest BCUT2D eigenvalue weighted by atomic mass is 10.3. The molecule has 25 heavy (non-hydrogen) atoms. The summed E-state index contributed by atoms with van der Waals surface area (Å²) in [5.74, 6) is -0.605. The molecule has 3 aromatic rings. The van der Waals surface area contributed by atoms with Crippen LogP contribution in [0, 0.1) is 5.82 Å². The Labute approximate surface area is 148 Å². The summed E-state index contributed by atoms with van der Waals surface area (Å²) in [6, 6.07) is 25.6. The van der Waals surface area contributed by atoms with Crippen molar-refractivity contribution in [3.05, 3.63) is 90.7 Å². The van der Waals surface area contributed by atoms with Crippen LogP contribution in [0.15, 0.2) is 99.6 Å². The van der Waals surface area contributed by atoms with E-state index in [1.807, 2.05) is 60.7 Å². The van der Waals surface area contributed by atoms with Crippen LogP contribution in [0.2, 0.25) is 0 Å². The molecule has 0 spiro atoms. The van der Waals surface area contributed by atoms with Gasteiger partial charge in [-0.05, 0) is 58.8 Å². The molecule has 0 aliphatic carbocycles. The van der Waals surface area contributed by atoms with Crippen LogP contribution in [-0.4, -0.2) is 5.97 Å². The third kappa shape index (κ3) is 3.44. The Morgan fingerprint density at radius 2 is 1.24 bits per heavy atom. The zero-order valence-electron chi connectivity index (χ0n) is 13.9. The zero-order valence-corrected chi connectivity index (χ0v) is 14.7. The van der Waals surface area contributed by atoms with Crippen LogP contribution < -0.4 is 0 Å². The van der Waals surface area contributed by atoms with Gasteiger partial charge in [0.15, 0.2) is 0 Å². The predicted octanol–water partition coefficient (Wildman–Crippen LogP) is 5.98. The van der Waals surface area contributed by atoms with E-state index in [-0.39, 0.29) is 18.2 Å². The van der Waals surface area contributed by atoms with Gasteiger partial charge in [0.25, 0.3) is 0 Å². The number of hydrogen-bond donors (Lipinski definition) is 0. The maximum Gasteiger partial charge on any atom is 0.316 e. The maximum absolute atomic E-state index is 13.5. The SMILES string of the molecule is CCC(=O)OS(c1ccccc1)(c1ccccc1)c1ccc(F)cc1. The van der Waals surface area contributed by atoms with Gasteiger partial charge in [-0.15, -0.1) is 0 Å². The molecule has 0 amide bonds. The lowest BCUT2D eigenvalue weighted by Gasteiger charge is -2.39. The van der Waals surface area contributed by atoms with Crippen LogP contribution in [-0.2, 0) is 8.98 Å². The normalized spacial score (nSPS) is 11.8. The Morgan fingerprint density at radius 1 is 0.800 bits per heavy atom. The molecule has 0 aliphatic heterocycles. The van der Waals surface area contributed by atoms with Gasteiger partial charge in [-0.1, -0.05) is 43.3 Å². The van der Waals surface area contributed by atoms with E-state index in [0.717, 1.165) is 14.7 Å². The van der Waals surface area contributed by atoms with Gasteiger partial charge in [0.1, 0.15) is 5.82 Å². The minimum Gasteiger partial charge on any atom is -0.402 e. The summed E-state index contributed by atoms with van der Waals surface area (Å²) in [4.78, 5) is 14.9. The average Bonchev–Trinajstić information content (AvgIpc) is 2.68. The standard InChI is InChI=1S/C21H19FO2S/c1-2-21(23)24-25(18-9-5-3-6-10-18,19-11-7-4-8-12-19)20-15-13-17(22)14-16-20/h3-16H,2H2,1H3. The molecule has 4 heteroatoms. The number of carbonyl (C=O) groups is 1. The highest BCUT2D eigenvalue weighted by Gasteiger charge is 2.35. The van der Waals surface area contributed by atoms with Crippen molar-refractivity contribution in [3.8, 4) is 0 Å². The molecule has 0 saturated carbocycles. The van der Waals surface area contributed by atoms with E-state index < -0.39 is 10.3 Å². The zero-order chi connectivity index (χ0) is 17.7. The highest BCUT2D eigenvalue weighted by Crippen LogP contribution is 2.69. The first-order valence-electron chi connectivity index (χ1n) is 8.08. The van der Waals surface area contributed by atoms with Gasteiger partial charge in [0.2, 0.25) is 0 Å². The number of benzene rings is 3. The van der Waals surface area contributed by atoms with Gasteiger partial charge < -0.3 is 4.18 Å². The quantitative estimate of drug-likeness (QED) is 0.564. The smallest absolute Gasteiger partial charge is 0.316 e. The summed E-state index contributed by atoms with van der Waals surface area (Å²) >= 11 is 0. The van der Waals surface area contributed by atoms with E-state index in [0.29, 0.717) is 0 Å². The van der Waals surface area contributed by atoms with Gasteiger partial charge in [0, 0.05) is 21.1 Å². The number of rotatable bonds is 5. The molecule has 0 saturated heterocycles. The molecule has 2 nitrogen and oxygen atoms in total. The fourth-order valence-electron chi connectivity index (χ4n) is 2.60. The first-order chi connectivity index (χ1) is 12.2. The predicted molar refractivity (Wildman–Crippen MR) is 98.1 cm³/mol. The maximum atomic E-state index is 13.5. The van der Waals surface area contributed by atoms with Crippen LogP contribution in [0.4, 0.5) is 4.39 Å².